The molecule has 0 spiro atoms. The number of nitrogens with zero attached hydrogens (tertiary/aromatic N) is 2. The molecule has 1 aromatic rings. The van der Waals surface area contributed by atoms with Crippen LogP contribution in [0.5, 0.6) is 0 Å². The van der Waals surface area contributed by atoms with Crippen molar-refractivity contribution in [1.29, 1.82) is 0 Å². The van der Waals surface area contributed by atoms with Crippen LogP contribution in [0.2, 0.25) is 5.02 Å². The van der Waals surface area contributed by atoms with Crippen LogP contribution in [-0.2, 0) is 11.3 Å². The number of piperazine rings is 1. The van der Waals surface area contributed by atoms with E-state index >= 15 is 0 Å². The fourth-order valence-corrected chi connectivity index (χ4v) is 4.37. The molecule has 2 fully saturated rings. The number of nitrogens with one attached hydrogen (secondary N) is 2. The molecule has 1 heterocycles. The maximum atomic E-state index is 14.0. The average molecular weight is 439 g/mol. The predicted octanol–water partition coefficient (Wildman–Crippen LogP) is 3.54. The molecule has 0 unspecified atom stereocenters. The van der Waals surface area contributed by atoms with Crippen molar-refractivity contribution in [3.8, 4) is 0 Å². The lowest BCUT2D eigenvalue weighted by molar-refractivity contribution is -0.133. The van der Waals surface area contributed by atoms with E-state index < -0.39 is 0 Å². The van der Waals surface area contributed by atoms with E-state index in [1.54, 1.807) is 12.1 Å². The van der Waals surface area contributed by atoms with Gasteiger partial charge in [-0.05, 0) is 31.4 Å². The Morgan fingerprint density at radius 3 is 2.53 bits per heavy atom. The first kappa shape index (κ1) is 22.8. The molecule has 2 aliphatic rings. The first-order chi connectivity index (χ1) is 14.5. The molecule has 1 saturated carbocycles. The van der Waals surface area contributed by atoms with Crippen LogP contribution in [0.4, 0.5) is 9.18 Å². The van der Waals surface area contributed by atoms with Gasteiger partial charge in [-0.2, -0.15) is 0 Å². The van der Waals surface area contributed by atoms with E-state index in [1.807, 2.05) is 4.90 Å². The number of hydrogen-bond donors (Lipinski definition) is 2. The molecule has 3 rings (SSSR count). The molecule has 166 valence electrons. The Morgan fingerprint density at radius 2 is 1.83 bits per heavy atom. The topological polar surface area (TPSA) is 64.7 Å². The second kappa shape index (κ2) is 11.5. The summed E-state index contributed by atoms with van der Waals surface area (Å²) in [5.41, 5.74) is 0.511. The van der Waals surface area contributed by atoms with Crippen LogP contribution in [0, 0.1) is 5.82 Å². The molecule has 30 heavy (non-hydrogen) atoms. The van der Waals surface area contributed by atoms with Crippen molar-refractivity contribution in [2.24, 2.45) is 0 Å². The van der Waals surface area contributed by atoms with Crippen LogP contribution in [-0.4, -0.2) is 60.5 Å². The standard InChI is InChI=1S/C22H32ClFN4O2/c23-19-8-4-9-20(24)18(19)16-27-12-14-28(15-13-27)21(29)10-5-11-25-22(30)26-17-6-2-1-3-7-17/h4,8-9,17H,1-3,5-7,10-16H2,(H2,25,26,30). The maximum absolute atomic E-state index is 14.0. The molecule has 2 N–H and O–H groups in total. The van der Waals surface area contributed by atoms with Crippen molar-refractivity contribution >= 4 is 23.5 Å². The van der Waals surface area contributed by atoms with Crippen molar-refractivity contribution in [2.45, 2.75) is 57.5 Å². The van der Waals surface area contributed by atoms with Gasteiger partial charge in [0.1, 0.15) is 5.82 Å². The first-order valence-corrected chi connectivity index (χ1v) is 11.4. The van der Waals surface area contributed by atoms with Gasteiger partial charge in [0.25, 0.3) is 0 Å². The van der Waals surface area contributed by atoms with E-state index in [4.69, 9.17) is 11.6 Å². The lowest BCUT2D eigenvalue weighted by atomic mass is 9.96. The summed E-state index contributed by atoms with van der Waals surface area (Å²) in [6.45, 7) is 3.58. The fraction of sp³-hybridized carbons (Fsp3) is 0.636. The number of carbonyl (C=O) groups is 2. The van der Waals surface area contributed by atoms with Crippen molar-refractivity contribution in [2.75, 3.05) is 32.7 Å². The minimum absolute atomic E-state index is 0.105. The van der Waals surface area contributed by atoms with E-state index in [9.17, 15) is 14.0 Å². The molecule has 0 atom stereocenters. The fourth-order valence-electron chi connectivity index (χ4n) is 4.15. The first-order valence-electron chi connectivity index (χ1n) is 11.0. The highest BCUT2D eigenvalue weighted by molar-refractivity contribution is 6.31. The highest BCUT2D eigenvalue weighted by atomic mass is 35.5. The molecule has 1 aromatic carbocycles. The summed E-state index contributed by atoms with van der Waals surface area (Å²) in [6, 6.07) is 4.88. The zero-order chi connectivity index (χ0) is 21.3. The molecule has 6 nitrogen and oxygen atoms in total. The number of amides is 3. The molecule has 8 heteroatoms. The van der Waals surface area contributed by atoms with Gasteiger partial charge in [-0.3, -0.25) is 9.69 Å². The predicted molar refractivity (Wildman–Crippen MR) is 116 cm³/mol. The van der Waals surface area contributed by atoms with Gasteiger partial charge in [0.2, 0.25) is 5.91 Å². The SMILES string of the molecule is O=C(NCCCC(=O)N1CCN(Cc2c(F)cccc2Cl)CC1)NC1CCCCC1. The monoisotopic (exact) mass is 438 g/mol. The van der Waals surface area contributed by atoms with Gasteiger partial charge in [0.05, 0.1) is 0 Å². The van der Waals surface area contributed by atoms with Crippen molar-refractivity contribution in [3.05, 3.63) is 34.6 Å². The molecule has 0 bridgehead atoms. The highest BCUT2D eigenvalue weighted by Crippen LogP contribution is 2.21. The number of urea groups is 1. The number of benzene rings is 1. The summed E-state index contributed by atoms with van der Waals surface area (Å²) in [5.74, 6) is -0.186. The second-order valence-electron chi connectivity index (χ2n) is 8.20. The van der Waals surface area contributed by atoms with Crippen molar-refractivity contribution in [1.82, 2.24) is 20.4 Å². The molecule has 1 saturated heterocycles. The van der Waals surface area contributed by atoms with E-state index in [0.717, 1.165) is 12.8 Å². The Balaban J connectivity index is 1.30. The molecular formula is C22H32ClFN4O2. The Kier molecular flexibility index (Phi) is 8.75. The molecule has 1 aliphatic carbocycles. The van der Waals surface area contributed by atoms with Gasteiger partial charge >= 0.3 is 6.03 Å². The smallest absolute Gasteiger partial charge is 0.315 e. The summed E-state index contributed by atoms with van der Waals surface area (Å²) in [7, 11) is 0. The summed E-state index contributed by atoms with van der Waals surface area (Å²) < 4.78 is 14.0. The largest absolute Gasteiger partial charge is 0.340 e. The number of hydrogen-bond acceptors (Lipinski definition) is 3. The van der Waals surface area contributed by atoms with Gasteiger partial charge in [-0.1, -0.05) is 36.9 Å². The van der Waals surface area contributed by atoms with Gasteiger partial charge in [-0.25, -0.2) is 9.18 Å². The average Bonchev–Trinajstić information content (AvgIpc) is 2.75. The van der Waals surface area contributed by atoms with E-state index in [2.05, 4.69) is 15.5 Å². The summed E-state index contributed by atoms with van der Waals surface area (Å²) in [5, 5.41) is 6.31. The van der Waals surface area contributed by atoms with Crippen molar-refractivity contribution < 1.29 is 14.0 Å². The third-order valence-corrected chi connectivity index (χ3v) is 6.32. The molecule has 0 aromatic heterocycles. The zero-order valence-corrected chi connectivity index (χ0v) is 18.2. The summed E-state index contributed by atoms with van der Waals surface area (Å²) >= 11 is 6.11. The van der Waals surface area contributed by atoms with E-state index in [0.29, 0.717) is 62.7 Å². The van der Waals surface area contributed by atoms with Gasteiger partial charge in [0.15, 0.2) is 0 Å². The lowest BCUT2D eigenvalue weighted by Crippen LogP contribution is -2.48. The normalized spacial score (nSPS) is 18.3. The van der Waals surface area contributed by atoms with Crippen LogP contribution in [0.25, 0.3) is 0 Å². The summed E-state index contributed by atoms with van der Waals surface area (Å²) in [6.07, 6.45) is 6.78. The minimum Gasteiger partial charge on any atom is -0.340 e. The van der Waals surface area contributed by atoms with Gasteiger partial charge in [-0.15, -0.1) is 0 Å². The Bertz CT molecular complexity index is 699. The van der Waals surface area contributed by atoms with Crippen LogP contribution >= 0.6 is 11.6 Å². The summed E-state index contributed by atoms with van der Waals surface area (Å²) in [4.78, 5) is 28.3. The minimum atomic E-state index is -0.291. The quantitative estimate of drug-likeness (QED) is 0.640. The number of rotatable bonds is 7. The van der Waals surface area contributed by atoms with Gasteiger partial charge < -0.3 is 15.5 Å². The number of carbonyl (C=O) groups excluding carboxylic acids is 2. The van der Waals surface area contributed by atoms with Crippen LogP contribution in [0.1, 0.15) is 50.5 Å². The maximum Gasteiger partial charge on any atom is 0.315 e. The zero-order valence-electron chi connectivity index (χ0n) is 17.5. The molecule has 3 amide bonds. The van der Waals surface area contributed by atoms with Crippen LogP contribution < -0.4 is 10.6 Å². The van der Waals surface area contributed by atoms with E-state index in [1.165, 1.54) is 25.3 Å². The van der Waals surface area contributed by atoms with Crippen molar-refractivity contribution in [3.63, 3.8) is 0 Å². The third-order valence-electron chi connectivity index (χ3n) is 5.96. The highest BCUT2D eigenvalue weighted by Gasteiger charge is 2.22. The molecule has 0 radical (unpaired) electrons. The molecular weight excluding hydrogens is 407 g/mol. The Morgan fingerprint density at radius 1 is 1.10 bits per heavy atom. The second-order valence-corrected chi connectivity index (χ2v) is 8.60. The van der Waals surface area contributed by atoms with E-state index in [-0.39, 0.29) is 23.8 Å². The lowest BCUT2D eigenvalue weighted by Gasteiger charge is -2.35. The van der Waals surface area contributed by atoms with Crippen LogP contribution in [0.3, 0.4) is 0 Å². The van der Waals surface area contributed by atoms with Crippen LogP contribution in [0.15, 0.2) is 18.2 Å². The number of halogens is 2. The Hall–Kier alpha value is -1.86. The Labute approximate surface area is 183 Å². The third kappa shape index (κ3) is 6.84. The molecule has 1 aliphatic heterocycles. The van der Waals surface area contributed by atoms with Gasteiger partial charge in [0, 0.05) is 62.3 Å².